The standard InChI is InChI=1S/C28H39N3O4/c1-6-17-30(18-23(32)20-34-21(3)4)19-26-27(7-2)29-31(22-11-9-8-10-12-22)28(26)35-25-15-13-24(33-5)14-16-25/h8-16,21,23,32H,6-7,17-20H2,1-5H3/t23-/m1/s1. The molecule has 3 rings (SSSR count). The lowest BCUT2D eigenvalue weighted by Gasteiger charge is -2.25. The van der Waals surface area contributed by atoms with Crippen molar-refractivity contribution >= 4 is 0 Å². The number of methoxy groups -OCH3 is 1. The van der Waals surface area contributed by atoms with E-state index < -0.39 is 6.10 Å². The molecule has 0 radical (unpaired) electrons. The molecule has 7 heteroatoms. The molecule has 35 heavy (non-hydrogen) atoms. The van der Waals surface area contributed by atoms with Crippen LogP contribution in [-0.4, -0.2) is 58.8 Å². The summed E-state index contributed by atoms with van der Waals surface area (Å²) >= 11 is 0. The number of benzene rings is 2. The summed E-state index contributed by atoms with van der Waals surface area (Å²) < 4.78 is 19.3. The molecule has 0 bridgehead atoms. The Morgan fingerprint density at radius 3 is 2.29 bits per heavy atom. The Labute approximate surface area is 209 Å². The summed E-state index contributed by atoms with van der Waals surface area (Å²) in [6.45, 7) is 10.5. The first-order valence-electron chi connectivity index (χ1n) is 12.4. The van der Waals surface area contributed by atoms with Crippen molar-refractivity contribution in [2.75, 3.05) is 26.8 Å². The zero-order valence-electron chi connectivity index (χ0n) is 21.6. The fourth-order valence-corrected chi connectivity index (χ4v) is 3.95. The molecule has 2 aromatic carbocycles. The van der Waals surface area contributed by atoms with Crippen molar-refractivity contribution in [3.05, 3.63) is 65.9 Å². The number of nitrogens with zero attached hydrogens (tertiary/aromatic N) is 3. The Morgan fingerprint density at radius 1 is 1.00 bits per heavy atom. The van der Waals surface area contributed by atoms with Crippen molar-refractivity contribution < 1.29 is 19.3 Å². The third kappa shape index (κ3) is 7.56. The van der Waals surface area contributed by atoms with Crippen LogP contribution < -0.4 is 9.47 Å². The average Bonchev–Trinajstić information content (AvgIpc) is 3.20. The van der Waals surface area contributed by atoms with Gasteiger partial charge >= 0.3 is 0 Å². The van der Waals surface area contributed by atoms with E-state index in [0.717, 1.165) is 42.1 Å². The first-order chi connectivity index (χ1) is 16.9. The molecule has 3 aromatic rings. The van der Waals surface area contributed by atoms with Gasteiger partial charge in [-0.25, -0.2) is 4.68 Å². The molecule has 0 aliphatic rings. The van der Waals surface area contributed by atoms with E-state index in [2.05, 4.69) is 18.7 Å². The van der Waals surface area contributed by atoms with Gasteiger partial charge in [-0.1, -0.05) is 32.0 Å². The minimum atomic E-state index is -0.566. The monoisotopic (exact) mass is 481 g/mol. The van der Waals surface area contributed by atoms with Gasteiger partial charge in [-0.15, -0.1) is 0 Å². The van der Waals surface area contributed by atoms with Gasteiger partial charge in [-0.3, -0.25) is 4.90 Å². The molecular formula is C28H39N3O4. The van der Waals surface area contributed by atoms with Gasteiger partial charge in [-0.2, -0.15) is 5.10 Å². The normalized spacial score (nSPS) is 12.3. The highest BCUT2D eigenvalue weighted by atomic mass is 16.5. The molecule has 0 fully saturated rings. The molecule has 0 unspecified atom stereocenters. The lowest BCUT2D eigenvalue weighted by Crippen LogP contribution is -2.35. The van der Waals surface area contributed by atoms with Crippen LogP contribution in [0.5, 0.6) is 17.4 Å². The zero-order valence-corrected chi connectivity index (χ0v) is 21.6. The number of ether oxygens (including phenoxy) is 3. The minimum Gasteiger partial charge on any atom is -0.497 e. The first kappa shape index (κ1) is 26.7. The van der Waals surface area contributed by atoms with Crippen LogP contribution in [0.1, 0.15) is 45.4 Å². The summed E-state index contributed by atoms with van der Waals surface area (Å²) in [5, 5.41) is 15.5. The molecule has 1 aromatic heterocycles. The van der Waals surface area contributed by atoms with E-state index >= 15 is 0 Å². The van der Waals surface area contributed by atoms with Crippen LogP contribution >= 0.6 is 0 Å². The molecule has 0 aliphatic carbocycles. The SMILES string of the molecule is CCCN(Cc1c(CC)nn(-c2ccccc2)c1Oc1ccc(OC)cc1)C[C@@H](O)COC(C)C. The lowest BCUT2D eigenvalue weighted by molar-refractivity contribution is -0.00957. The maximum Gasteiger partial charge on any atom is 0.227 e. The van der Waals surface area contributed by atoms with Gasteiger partial charge in [0.05, 0.1) is 42.9 Å². The number of aromatic nitrogens is 2. The minimum absolute atomic E-state index is 0.0876. The van der Waals surface area contributed by atoms with Crippen LogP contribution in [0.3, 0.4) is 0 Å². The van der Waals surface area contributed by atoms with Crippen molar-refractivity contribution in [2.24, 2.45) is 0 Å². The van der Waals surface area contributed by atoms with Crippen LogP contribution in [0.25, 0.3) is 5.69 Å². The Balaban J connectivity index is 1.96. The fraction of sp³-hybridized carbons (Fsp3) is 0.464. The quantitative estimate of drug-likeness (QED) is 0.340. The fourth-order valence-electron chi connectivity index (χ4n) is 3.95. The Bertz CT molecular complexity index is 1020. The summed E-state index contributed by atoms with van der Waals surface area (Å²) in [5.74, 6) is 2.17. The number of aliphatic hydroxyl groups is 1. The van der Waals surface area contributed by atoms with Gasteiger partial charge in [0.1, 0.15) is 11.5 Å². The molecule has 1 atom stereocenters. The van der Waals surface area contributed by atoms with E-state index in [9.17, 15) is 5.11 Å². The number of aliphatic hydroxyl groups excluding tert-OH is 1. The molecule has 190 valence electrons. The molecular weight excluding hydrogens is 442 g/mol. The lowest BCUT2D eigenvalue weighted by atomic mass is 10.1. The maximum absolute atomic E-state index is 10.6. The molecule has 1 heterocycles. The topological polar surface area (TPSA) is 69.0 Å². The van der Waals surface area contributed by atoms with Crippen molar-refractivity contribution in [1.29, 1.82) is 0 Å². The number of para-hydroxylation sites is 1. The second kappa shape index (κ2) is 13.3. The third-order valence-corrected chi connectivity index (χ3v) is 5.64. The van der Waals surface area contributed by atoms with Crippen LogP contribution in [0.2, 0.25) is 0 Å². The summed E-state index contributed by atoms with van der Waals surface area (Å²) in [7, 11) is 1.65. The van der Waals surface area contributed by atoms with Crippen molar-refractivity contribution in [1.82, 2.24) is 14.7 Å². The highest BCUT2D eigenvalue weighted by Crippen LogP contribution is 2.33. The third-order valence-electron chi connectivity index (χ3n) is 5.64. The predicted octanol–water partition coefficient (Wildman–Crippen LogP) is 5.23. The van der Waals surface area contributed by atoms with Gasteiger partial charge in [-0.05, 0) is 69.6 Å². The number of hydrogen-bond donors (Lipinski definition) is 1. The molecule has 1 N–H and O–H groups in total. The Hall–Kier alpha value is -2.87. The summed E-state index contributed by atoms with van der Waals surface area (Å²) in [6, 6.07) is 17.6. The largest absolute Gasteiger partial charge is 0.497 e. The van der Waals surface area contributed by atoms with E-state index in [1.54, 1.807) is 7.11 Å². The summed E-state index contributed by atoms with van der Waals surface area (Å²) in [6.07, 6.45) is 1.27. The van der Waals surface area contributed by atoms with E-state index in [-0.39, 0.29) is 6.10 Å². The molecule has 0 spiro atoms. The second-order valence-electron chi connectivity index (χ2n) is 8.88. The van der Waals surface area contributed by atoms with E-state index in [4.69, 9.17) is 19.3 Å². The zero-order chi connectivity index (χ0) is 25.2. The summed E-state index contributed by atoms with van der Waals surface area (Å²) in [5.41, 5.74) is 2.94. The Morgan fingerprint density at radius 2 is 1.69 bits per heavy atom. The van der Waals surface area contributed by atoms with Gasteiger partial charge in [0.15, 0.2) is 0 Å². The molecule has 7 nitrogen and oxygen atoms in total. The molecule has 0 saturated heterocycles. The molecule has 0 saturated carbocycles. The van der Waals surface area contributed by atoms with Crippen LogP contribution in [0.4, 0.5) is 0 Å². The van der Waals surface area contributed by atoms with E-state index in [0.29, 0.717) is 31.3 Å². The van der Waals surface area contributed by atoms with Crippen LogP contribution in [0, 0.1) is 0 Å². The smallest absolute Gasteiger partial charge is 0.227 e. The highest BCUT2D eigenvalue weighted by molar-refractivity contribution is 5.44. The number of hydrogen-bond acceptors (Lipinski definition) is 6. The molecule has 0 aliphatic heterocycles. The van der Waals surface area contributed by atoms with E-state index in [1.165, 1.54) is 0 Å². The second-order valence-corrected chi connectivity index (χ2v) is 8.88. The predicted molar refractivity (Wildman–Crippen MR) is 139 cm³/mol. The maximum atomic E-state index is 10.6. The average molecular weight is 482 g/mol. The van der Waals surface area contributed by atoms with Crippen molar-refractivity contribution in [2.45, 2.75) is 59.3 Å². The van der Waals surface area contributed by atoms with Crippen molar-refractivity contribution in [3.63, 3.8) is 0 Å². The van der Waals surface area contributed by atoms with E-state index in [1.807, 2.05) is 73.1 Å². The van der Waals surface area contributed by atoms with Gasteiger partial charge in [0.25, 0.3) is 0 Å². The number of aryl methyl sites for hydroxylation is 1. The van der Waals surface area contributed by atoms with Gasteiger partial charge < -0.3 is 19.3 Å². The van der Waals surface area contributed by atoms with Crippen molar-refractivity contribution in [3.8, 4) is 23.1 Å². The van der Waals surface area contributed by atoms with Gasteiger partial charge in [0, 0.05) is 13.1 Å². The summed E-state index contributed by atoms with van der Waals surface area (Å²) in [4.78, 5) is 2.25. The van der Waals surface area contributed by atoms with Crippen LogP contribution in [-0.2, 0) is 17.7 Å². The highest BCUT2D eigenvalue weighted by Gasteiger charge is 2.23. The molecule has 0 amide bonds. The Kier molecular flexibility index (Phi) is 10.1. The van der Waals surface area contributed by atoms with Crippen LogP contribution in [0.15, 0.2) is 54.6 Å². The first-order valence-corrected chi connectivity index (χ1v) is 12.4. The number of rotatable bonds is 14. The van der Waals surface area contributed by atoms with Gasteiger partial charge in [0.2, 0.25) is 5.88 Å².